The monoisotopic (exact) mass is 302 g/mol. The first-order valence-corrected chi connectivity index (χ1v) is 7.81. The molecule has 0 aliphatic heterocycles. The van der Waals surface area contributed by atoms with Crippen molar-refractivity contribution >= 4 is 17.7 Å². The van der Waals surface area contributed by atoms with Crippen LogP contribution in [0.3, 0.4) is 0 Å². The van der Waals surface area contributed by atoms with Crippen LogP contribution in [0.1, 0.15) is 17.2 Å². The Labute approximate surface area is 129 Å². The number of carbonyl (C=O) groups is 1. The fraction of sp³-hybridized carbons (Fsp3) is 0.235. The second-order valence-corrected chi connectivity index (χ2v) is 5.49. The van der Waals surface area contributed by atoms with Crippen LogP contribution >= 0.6 is 11.8 Å². The van der Waals surface area contributed by atoms with Gasteiger partial charge in [-0.3, -0.25) is 0 Å². The van der Waals surface area contributed by atoms with Gasteiger partial charge in [0.2, 0.25) is 6.10 Å². The van der Waals surface area contributed by atoms with Crippen molar-refractivity contribution in [2.75, 3.05) is 13.4 Å². The van der Waals surface area contributed by atoms with E-state index in [9.17, 15) is 4.79 Å². The van der Waals surface area contributed by atoms with Crippen molar-refractivity contribution in [3.8, 4) is 5.75 Å². The third-order valence-corrected chi connectivity index (χ3v) is 3.82. The van der Waals surface area contributed by atoms with E-state index in [4.69, 9.17) is 9.47 Å². The maximum Gasteiger partial charge on any atom is 0.351 e. The molecule has 2 rings (SSSR count). The Balaban J connectivity index is 2.26. The summed E-state index contributed by atoms with van der Waals surface area (Å²) in [6.45, 7) is 1.98. The lowest BCUT2D eigenvalue weighted by Gasteiger charge is -2.18. The molecule has 4 heteroatoms. The summed E-state index contributed by atoms with van der Waals surface area (Å²) in [5.74, 6) is 0.235. The molecule has 2 aromatic carbocycles. The van der Waals surface area contributed by atoms with Crippen LogP contribution in [0.5, 0.6) is 5.75 Å². The molecule has 0 aromatic heterocycles. The number of hydrogen-bond donors (Lipinski definition) is 0. The van der Waals surface area contributed by atoms with Crippen LogP contribution in [0.2, 0.25) is 0 Å². The van der Waals surface area contributed by atoms with E-state index in [0.717, 1.165) is 16.0 Å². The normalized spacial score (nSPS) is 11.8. The maximum atomic E-state index is 12.0. The van der Waals surface area contributed by atoms with Crippen LogP contribution in [0.25, 0.3) is 0 Å². The molecule has 0 N–H and O–H groups in total. The molecule has 0 aliphatic rings. The van der Waals surface area contributed by atoms with Gasteiger partial charge in [-0.15, -0.1) is 11.8 Å². The Hall–Kier alpha value is -1.94. The summed E-state index contributed by atoms with van der Waals surface area (Å²) in [5, 5.41) is 0. The van der Waals surface area contributed by atoms with Crippen molar-refractivity contribution in [3.05, 3.63) is 59.7 Å². The lowest BCUT2D eigenvalue weighted by atomic mass is 10.1. The molecular weight excluding hydrogens is 284 g/mol. The number of carbonyl (C=O) groups excluding carboxylic acids is 1. The molecule has 0 saturated carbocycles. The minimum atomic E-state index is -0.755. The molecule has 110 valence electrons. The maximum absolute atomic E-state index is 12.0. The second-order valence-electron chi connectivity index (χ2n) is 4.61. The highest BCUT2D eigenvalue weighted by atomic mass is 32.2. The van der Waals surface area contributed by atoms with Crippen molar-refractivity contribution in [2.24, 2.45) is 0 Å². The second kappa shape index (κ2) is 7.18. The van der Waals surface area contributed by atoms with Crippen molar-refractivity contribution in [3.63, 3.8) is 0 Å². The number of aryl methyl sites for hydroxylation is 1. The molecule has 0 fully saturated rings. The number of benzene rings is 2. The zero-order valence-electron chi connectivity index (χ0n) is 12.3. The van der Waals surface area contributed by atoms with Gasteiger partial charge in [-0.25, -0.2) is 4.79 Å². The molecule has 0 radical (unpaired) electrons. The summed E-state index contributed by atoms with van der Waals surface area (Å²) >= 11 is 1.66. The third kappa shape index (κ3) is 4.02. The molecule has 0 spiro atoms. The van der Waals surface area contributed by atoms with E-state index in [0.29, 0.717) is 5.75 Å². The van der Waals surface area contributed by atoms with Gasteiger partial charge in [0.15, 0.2) is 0 Å². The van der Waals surface area contributed by atoms with Crippen LogP contribution in [-0.4, -0.2) is 19.3 Å². The lowest BCUT2D eigenvalue weighted by Crippen LogP contribution is -2.20. The number of ether oxygens (including phenoxy) is 2. The smallest absolute Gasteiger partial charge is 0.351 e. The fourth-order valence-electron chi connectivity index (χ4n) is 1.98. The Kier molecular flexibility index (Phi) is 5.28. The number of thioether (sulfide) groups is 1. The molecule has 0 bridgehead atoms. The minimum absolute atomic E-state index is 0.408. The van der Waals surface area contributed by atoms with Crippen LogP contribution in [0.4, 0.5) is 0 Å². The number of esters is 1. The van der Waals surface area contributed by atoms with Crippen molar-refractivity contribution in [2.45, 2.75) is 17.9 Å². The minimum Gasteiger partial charge on any atom is -0.474 e. The first kappa shape index (κ1) is 15.4. The van der Waals surface area contributed by atoms with Gasteiger partial charge in [-0.05, 0) is 37.4 Å². The molecule has 0 amide bonds. The molecule has 1 atom stereocenters. The van der Waals surface area contributed by atoms with Gasteiger partial charge in [0.25, 0.3) is 0 Å². The number of rotatable bonds is 5. The summed E-state index contributed by atoms with van der Waals surface area (Å²) in [4.78, 5) is 13.1. The first-order valence-electron chi connectivity index (χ1n) is 6.59. The zero-order valence-corrected chi connectivity index (χ0v) is 13.1. The SMILES string of the molecule is COC(=O)C(Oc1ccc(SC)cc1)c1cccc(C)c1. The fourth-order valence-corrected chi connectivity index (χ4v) is 2.39. The summed E-state index contributed by atoms with van der Waals surface area (Å²) in [5.41, 5.74) is 1.86. The Bertz CT molecular complexity index is 608. The Morgan fingerprint density at radius 3 is 2.43 bits per heavy atom. The highest BCUT2D eigenvalue weighted by Crippen LogP contribution is 2.26. The van der Waals surface area contributed by atoms with Gasteiger partial charge in [0.1, 0.15) is 5.75 Å². The average molecular weight is 302 g/mol. The topological polar surface area (TPSA) is 35.5 Å². The average Bonchev–Trinajstić information content (AvgIpc) is 2.52. The quantitative estimate of drug-likeness (QED) is 0.617. The predicted octanol–water partition coefficient (Wildman–Crippen LogP) is 4.01. The highest BCUT2D eigenvalue weighted by Gasteiger charge is 2.23. The standard InChI is InChI=1S/C17H18O3S/c1-12-5-4-6-13(11-12)16(17(18)19-2)20-14-7-9-15(21-3)10-8-14/h4-11,16H,1-3H3. The predicted molar refractivity (Wildman–Crippen MR) is 84.8 cm³/mol. The van der Waals surface area contributed by atoms with Crippen molar-refractivity contribution < 1.29 is 14.3 Å². The zero-order chi connectivity index (χ0) is 15.2. The van der Waals surface area contributed by atoms with Gasteiger partial charge >= 0.3 is 5.97 Å². The van der Waals surface area contributed by atoms with E-state index in [1.165, 1.54) is 7.11 Å². The number of methoxy groups -OCH3 is 1. The van der Waals surface area contributed by atoms with Crippen LogP contribution in [0.15, 0.2) is 53.4 Å². The molecular formula is C17H18O3S. The van der Waals surface area contributed by atoms with Crippen LogP contribution in [-0.2, 0) is 9.53 Å². The van der Waals surface area contributed by atoms with Gasteiger partial charge in [-0.1, -0.05) is 29.8 Å². The first-order chi connectivity index (χ1) is 10.1. The van der Waals surface area contributed by atoms with E-state index < -0.39 is 12.1 Å². The molecule has 1 unspecified atom stereocenters. The summed E-state index contributed by atoms with van der Waals surface area (Å²) < 4.78 is 10.7. The van der Waals surface area contributed by atoms with E-state index in [2.05, 4.69) is 0 Å². The number of hydrogen-bond acceptors (Lipinski definition) is 4. The molecule has 2 aromatic rings. The van der Waals surface area contributed by atoms with E-state index in [1.807, 2.05) is 61.7 Å². The van der Waals surface area contributed by atoms with Crippen molar-refractivity contribution in [1.82, 2.24) is 0 Å². The lowest BCUT2D eigenvalue weighted by molar-refractivity contribution is -0.149. The van der Waals surface area contributed by atoms with Crippen LogP contribution in [0, 0.1) is 6.92 Å². The third-order valence-electron chi connectivity index (χ3n) is 3.07. The molecule has 3 nitrogen and oxygen atoms in total. The molecule has 0 aliphatic carbocycles. The molecule has 0 saturated heterocycles. The largest absolute Gasteiger partial charge is 0.474 e. The highest BCUT2D eigenvalue weighted by molar-refractivity contribution is 7.98. The van der Waals surface area contributed by atoms with Gasteiger partial charge in [0.05, 0.1) is 7.11 Å². The van der Waals surface area contributed by atoms with E-state index >= 15 is 0 Å². The summed E-state index contributed by atoms with van der Waals surface area (Å²) in [6.07, 6.45) is 1.26. The summed E-state index contributed by atoms with van der Waals surface area (Å²) in [6, 6.07) is 15.3. The summed E-state index contributed by atoms with van der Waals surface area (Å²) in [7, 11) is 1.37. The van der Waals surface area contributed by atoms with Crippen LogP contribution < -0.4 is 4.74 Å². The van der Waals surface area contributed by atoms with E-state index in [1.54, 1.807) is 11.8 Å². The Morgan fingerprint density at radius 2 is 1.86 bits per heavy atom. The molecule has 21 heavy (non-hydrogen) atoms. The Morgan fingerprint density at radius 1 is 1.14 bits per heavy atom. The van der Waals surface area contributed by atoms with Gasteiger partial charge in [0, 0.05) is 10.5 Å². The van der Waals surface area contributed by atoms with Gasteiger partial charge in [-0.2, -0.15) is 0 Å². The van der Waals surface area contributed by atoms with Gasteiger partial charge < -0.3 is 9.47 Å². The van der Waals surface area contributed by atoms with Crippen molar-refractivity contribution in [1.29, 1.82) is 0 Å². The van der Waals surface area contributed by atoms with E-state index in [-0.39, 0.29) is 0 Å². The molecule has 0 heterocycles.